The summed E-state index contributed by atoms with van der Waals surface area (Å²) in [4.78, 5) is 11.7. The largest absolute Gasteiger partial charge is 0.436 e. The second kappa shape index (κ2) is 21.7. The molecule has 0 heterocycles. The van der Waals surface area contributed by atoms with Crippen molar-refractivity contribution in [3.05, 3.63) is 0 Å². The molecule has 0 aliphatic carbocycles. The van der Waals surface area contributed by atoms with Crippen molar-refractivity contribution in [3.63, 3.8) is 0 Å². The summed E-state index contributed by atoms with van der Waals surface area (Å²) in [7, 11) is 0. The Bertz CT molecular complexity index is 304. The number of unbranched alkanes of at least 4 members (excludes halogenated alkanes) is 16. The minimum Gasteiger partial charge on any atom is -0.436 e. The zero-order valence-corrected chi connectivity index (χ0v) is 18.5. The molecule has 0 aliphatic rings. The van der Waals surface area contributed by atoms with Gasteiger partial charge < -0.3 is 9.84 Å². The topological polar surface area (TPSA) is 46.5 Å². The van der Waals surface area contributed by atoms with Crippen molar-refractivity contribution in [2.45, 2.75) is 149 Å². The number of esters is 1. The number of aliphatic hydroxyl groups excluding tert-OH is 1. The van der Waals surface area contributed by atoms with Gasteiger partial charge in [0.25, 0.3) is 0 Å². The van der Waals surface area contributed by atoms with Gasteiger partial charge in [-0.05, 0) is 12.8 Å². The van der Waals surface area contributed by atoms with E-state index in [1.807, 2.05) is 0 Å². The molecule has 0 amide bonds. The van der Waals surface area contributed by atoms with Crippen LogP contribution >= 0.6 is 0 Å². The van der Waals surface area contributed by atoms with Crippen molar-refractivity contribution in [1.29, 1.82) is 0 Å². The molecule has 1 atom stereocenters. The van der Waals surface area contributed by atoms with E-state index in [9.17, 15) is 9.90 Å². The molecule has 1 N–H and O–H groups in total. The number of aliphatic hydroxyl groups is 1. The lowest BCUT2D eigenvalue weighted by Crippen LogP contribution is -2.17. The Morgan fingerprint density at radius 3 is 1.44 bits per heavy atom. The van der Waals surface area contributed by atoms with Crippen LogP contribution in [-0.4, -0.2) is 17.4 Å². The van der Waals surface area contributed by atoms with Crippen molar-refractivity contribution in [2.75, 3.05) is 0 Å². The molecule has 27 heavy (non-hydrogen) atoms. The summed E-state index contributed by atoms with van der Waals surface area (Å²) in [6.07, 6.45) is 22.6. The van der Waals surface area contributed by atoms with E-state index < -0.39 is 6.29 Å². The molecule has 162 valence electrons. The van der Waals surface area contributed by atoms with Gasteiger partial charge in [0, 0.05) is 12.8 Å². The fourth-order valence-electron chi connectivity index (χ4n) is 3.48. The van der Waals surface area contributed by atoms with Gasteiger partial charge in [-0.25, -0.2) is 0 Å². The van der Waals surface area contributed by atoms with Crippen LogP contribution in [0.1, 0.15) is 142 Å². The maximum atomic E-state index is 11.7. The summed E-state index contributed by atoms with van der Waals surface area (Å²) < 4.78 is 5.11. The lowest BCUT2D eigenvalue weighted by molar-refractivity contribution is -0.168. The van der Waals surface area contributed by atoms with Gasteiger partial charge >= 0.3 is 5.97 Å². The van der Waals surface area contributed by atoms with Gasteiger partial charge in [-0.2, -0.15) is 0 Å². The van der Waals surface area contributed by atoms with Gasteiger partial charge in [-0.1, -0.05) is 117 Å². The number of ether oxygens (including phenoxy) is 1. The maximum Gasteiger partial charge on any atom is 0.308 e. The Morgan fingerprint density at radius 2 is 1.00 bits per heavy atom. The average molecular weight is 385 g/mol. The fraction of sp³-hybridized carbons (Fsp3) is 0.958. The SMILES string of the molecule is CCCCCCCCCCCC(=O)OC(O)CCCCCCCCCCC. The van der Waals surface area contributed by atoms with Gasteiger partial charge in [0.05, 0.1) is 0 Å². The van der Waals surface area contributed by atoms with Gasteiger partial charge in [0.2, 0.25) is 6.29 Å². The summed E-state index contributed by atoms with van der Waals surface area (Å²) in [5, 5.41) is 9.82. The third-order valence-corrected chi connectivity index (χ3v) is 5.31. The van der Waals surface area contributed by atoms with Crippen LogP contribution in [0.4, 0.5) is 0 Å². The zero-order valence-electron chi connectivity index (χ0n) is 18.5. The van der Waals surface area contributed by atoms with Crippen LogP contribution in [0.2, 0.25) is 0 Å². The summed E-state index contributed by atoms with van der Waals surface area (Å²) in [6.45, 7) is 4.49. The Balaban J connectivity index is 3.32. The molecule has 0 aliphatic heterocycles. The normalized spacial score (nSPS) is 12.3. The zero-order chi connectivity index (χ0) is 20.0. The van der Waals surface area contributed by atoms with E-state index in [4.69, 9.17) is 4.74 Å². The van der Waals surface area contributed by atoms with Crippen LogP contribution in [0.5, 0.6) is 0 Å². The highest BCUT2D eigenvalue weighted by atomic mass is 16.6. The first-order valence-electron chi connectivity index (χ1n) is 12.1. The summed E-state index contributed by atoms with van der Waals surface area (Å²) in [6, 6.07) is 0. The minimum atomic E-state index is -0.902. The van der Waals surface area contributed by atoms with Crippen LogP contribution in [0.3, 0.4) is 0 Å². The number of rotatable bonds is 21. The van der Waals surface area contributed by atoms with Crippen LogP contribution in [0.25, 0.3) is 0 Å². The highest BCUT2D eigenvalue weighted by Gasteiger charge is 2.10. The standard InChI is InChI=1S/C24H48O3/c1-3-5-7-9-11-13-15-17-19-21-23(25)27-24(26)22-20-18-16-14-12-10-8-6-4-2/h23,25H,3-22H2,1-2H3. The number of carbonyl (C=O) groups is 1. The van der Waals surface area contributed by atoms with E-state index >= 15 is 0 Å². The minimum absolute atomic E-state index is 0.235. The molecule has 3 heteroatoms. The molecule has 0 radical (unpaired) electrons. The van der Waals surface area contributed by atoms with Crippen LogP contribution < -0.4 is 0 Å². The molecule has 0 fully saturated rings. The van der Waals surface area contributed by atoms with Crippen molar-refractivity contribution in [1.82, 2.24) is 0 Å². The first-order valence-corrected chi connectivity index (χ1v) is 12.1. The van der Waals surface area contributed by atoms with Crippen LogP contribution in [-0.2, 0) is 9.53 Å². The van der Waals surface area contributed by atoms with Gasteiger partial charge in [0.1, 0.15) is 0 Å². The highest BCUT2D eigenvalue weighted by molar-refractivity contribution is 5.69. The molecule has 3 nitrogen and oxygen atoms in total. The second-order valence-corrected chi connectivity index (χ2v) is 8.14. The van der Waals surface area contributed by atoms with Crippen molar-refractivity contribution in [2.24, 2.45) is 0 Å². The fourth-order valence-corrected chi connectivity index (χ4v) is 3.48. The second-order valence-electron chi connectivity index (χ2n) is 8.14. The van der Waals surface area contributed by atoms with Gasteiger partial charge in [0.15, 0.2) is 0 Å². The quantitative estimate of drug-likeness (QED) is 0.125. The lowest BCUT2D eigenvalue weighted by Gasteiger charge is -2.12. The first kappa shape index (κ1) is 26.4. The van der Waals surface area contributed by atoms with Crippen molar-refractivity contribution in [3.8, 4) is 0 Å². The molecule has 0 saturated carbocycles. The molecular formula is C24H48O3. The first-order chi connectivity index (χ1) is 13.2. The average Bonchev–Trinajstić information content (AvgIpc) is 2.65. The highest BCUT2D eigenvalue weighted by Crippen LogP contribution is 2.13. The van der Waals surface area contributed by atoms with Crippen LogP contribution in [0, 0.1) is 0 Å². The maximum absolute atomic E-state index is 11.7. The van der Waals surface area contributed by atoms with E-state index in [0.29, 0.717) is 12.8 Å². The molecule has 0 rings (SSSR count). The Kier molecular flexibility index (Phi) is 21.3. The summed E-state index contributed by atoms with van der Waals surface area (Å²) in [5.41, 5.74) is 0. The Hall–Kier alpha value is -0.570. The molecule has 0 bridgehead atoms. The number of hydrogen-bond acceptors (Lipinski definition) is 3. The van der Waals surface area contributed by atoms with Crippen molar-refractivity contribution >= 4 is 5.97 Å². The molecule has 0 aromatic heterocycles. The van der Waals surface area contributed by atoms with Gasteiger partial charge in [-0.15, -0.1) is 0 Å². The van der Waals surface area contributed by atoms with E-state index in [2.05, 4.69) is 13.8 Å². The third kappa shape index (κ3) is 21.6. The predicted molar refractivity (Wildman–Crippen MR) is 116 cm³/mol. The molecule has 0 saturated heterocycles. The van der Waals surface area contributed by atoms with E-state index in [-0.39, 0.29) is 5.97 Å². The molecule has 1 unspecified atom stereocenters. The molecular weight excluding hydrogens is 336 g/mol. The Labute approximate surface area is 169 Å². The van der Waals surface area contributed by atoms with E-state index in [0.717, 1.165) is 25.7 Å². The Morgan fingerprint density at radius 1 is 0.630 bits per heavy atom. The van der Waals surface area contributed by atoms with Crippen LogP contribution in [0.15, 0.2) is 0 Å². The third-order valence-electron chi connectivity index (χ3n) is 5.31. The van der Waals surface area contributed by atoms with Crippen molar-refractivity contribution < 1.29 is 14.6 Å². The predicted octanol–water partition coefficient (Wildman–Crippen LogP) is 7.69. The molecule has 0 spiro atoms. The lowest BCUT2D eigenvalue weighted by atomic mass is 10.1. The summed E-state index contributed by atoms with van der Waals surface area (Å²) >= 11 is 0. The molecule has 0 aromatic carbocycles. The summed E-state index contributed by atoms with van der Waals surface area (Å²) in [5.74, 6) is -0.235. The smallest absolute Gasteiger partial charge is 0.308 e. The monoisotopic (exact) mass is 384 g/mol. The number of carbonyl (C=O) groups excluding carboxylic acids is 1. The van der Waals surface area contributed by atoms with Gasteiger partial charge in [-0.3, -0.25) is 4.79 Å². The molecule has 0 aromatic rings. The number of hydrogen-bond donors (Lipinski definition) is 1. The van der Waals surface area contributed by atoms with E-state index in [1.165, 1.54) is 89.9 Å². The van der Waals surface area contributed by atoms with E-state index in [1.54, 1.807) is 0 Å².